The molecule has 0 saturated heterocycles. The Balaban J connectivity index is 2.27. The molecule has 0 bridgehead atoms. The third kappa shape index (κ3) is 5.25. The number of aliphatic hydroxyl groups excluding tert-OH is 1. The zero-order valence-electron chi connectivity index (χ0n) is 10.7. The number of ether oxygens (including phenoxy) is 1. The van der Waals surface area contributed by atoms with Crippen LogP contribution in [-0.2, 0) is 11.3 Å². The third-order valence-corrected chi connectivity index (χ3v) is 2.26. The molecule has 0 fully saturated rings. The molecule has 0 amide bonds. The largest absolute Gasteiger partial charge is 0.394 e. The van der Waals surface area contributed by atoms with Crippen molar-refractivity contribution < 1.29 is 14.4 Å². The summed E-state index contributed by atoms with van der Waals surface area (Å²) in [7, 11) is 1.96. The number of hydrogen-bond donors (Lipinski definition) is 1. The van der Waals surface area contributed by atoms with Crippen LogP contribution in [0.15, 0.2) is 4.52 Å². The van der Waals surface area contributed by atoms with E-state index in [1.165, 1.54) is 0 Å². The Labute approximate surface area is 102 Å². The van der Waals surface area contributed by atoms with Gasteiger partial charge in [-0.05, 0) is 7.05 Å². The quantitative estimate of drug-likeness (QED) is 0.675. The van der Waals surface area contributed by atoms with E-state index >= 15 is 0 Å². The van der Waals surface area contributed by atoms with Crippen LogP contribution in [0.25, 0.3) is 0 Å². The standard InChI is InChI=1S/C11H21N3O3/c1-9(2)11-12-10(17-13-11)8-14(3)4-6-16-7-5-15/h9,15H,4-8H2,1-3H3. The molecule has 0 saturated carbocycles. The molecule has 6 heteroatoms. The molecule has 0 radical (unpaired) electrons. The lowest BCUT2D eigenvalue weighted by Gasteiger charge is -2.13. The molecule has 0 aliphatic carbocycles. The number of aromatic nitrogens is 2. The maximum absolute atomic E-state index is 8.55. The zero-order valence-corrected chi connectivity index (χ0v) is 10.7. The van der Waals surface area contributed by atoms with Crippen LogP contribution in [0.3, 0.4) is 0 Å². The lowest BCUT2D eigenvalue weighted by Crippen LogP contribution is -2.23. The SMILES string of the molecule is CC(C)c1noc(CN(C)CCOCCO)n1. The summed E-state index contributed by atoms with van der Waals surface area (Å²) in [5.74, 6) is 1.65. The Morgan fingerprint density at radius 2 is 2.18 bits per heavy atom. The second-order valence-electron chi connectivity index (χ2n) is 4.27. The average Bonchev–Trinajstić information content (AvgIpc) is 2.73. The highest BCUT2D eigenvalue weighted by Gasteiger charge is 2.11. The second-order valence-corrected chi connectivity index (χ2v) is 4.27. The van der Waals surface area contributed by atoms with Crippen molar-refractivity contribution in [1.82, 2.24) is 15.0 Å². The average molecular weight is 243 g/mol. The van der Waals surface area contributed by atoms with Crippen molar-refractivity contribution >= 4 is 0 Å². The summed E-state index contributed by atoms with van der Waals surface area (Å²) in [6.45, 7) is 6.46. The van der Waals surface area contributed by atoms with E-state index in [-0.39, 0.29) is 12.5 Å². The van der Waals surface area contributed by atoms with Gasteiger partial charge in [0.15, 0.2) is 5.82 Å². The fraction of sp³-hybridized carbons (Fsp3) is 0.818. The molecule has 1 aromatic heterocycles. The van der Waals surface area contributed by atoms with Crippen molar-refractivity contribution in [1.29, 1.82) is 0 Å². The molecular weight excluding hydrogens is 222 g/mol. The minimum absolute atomic E-state index is 0.0606. The van der Waals surface area contributed by atoms with Crippen LogP contribution < -0.4 is 0 Å². The highest BCUT2D eigenvalue weighted by Crippen LogP contribution is 2.10. The first-order chi connectivity index (χ1) is 8.13. The van der Waals surface area contributed by atoms with Crippen LogP contribution >= 0.6 is 0 Å². The first-order valence-electron chi connectivity index (χ1n) is 5.83. The van der Waals surface area contributed by atoms with Crippen molar-refractivity contribution in [2.75, 3.05) is 33.4 Å². The number of aliphatic hydroxyl groups is 1. The zero-order chi connectivity index (χ0) is 12.7. The molecule has 1 rings (SSSR count). The Hall–Kier alpha value is -0.980. The number of rotatable bonds is 8. The third-order valence-electron chi connectivity index (χ3n) is 2.26. The van der Waals surface area contributed by atoms with Gasteiger partial charge in [-0.2, -0.15) is 4.98 Å². The fourth-order valence-corrected chi connectivity index (χ4v) is 1.26. The van der Waals surface area contributed by atoms with Crippen LogP contribution in [0.1, 0.15) is 31.5 Å². The van der Waals surface area contributed by atoms with E-state index in [0.717, 1.165) is 12.4 Å². The predicted octanol–water partition coefficient (Wildman–Crippen LogP) is 0.634. The molecule has 17 heavy (non-hydrogen) atoms. The Morgan fingerprint density at radius 1 is 1.41 bits per heavy atom. The minimum Gasteiger partial charge on any atom is -0.394 e. The van der Waals surface area contributed by atoms with Gasteiger partial charge in [-0.25, -0.2) is 0 Å². The number of nitrogens with zero attached hydrogens (tertiary/aromatic N) is 3. The lowest BCUT2D eigenvalue weighted by molar-refractivity contribution is 0.0755. The van der Waals surface area contributed by atoms with Crippen LogP contribution in [0.4, 0.5) is 0 Å². The highest BCUT2D eigenvalue weighted by atomic mass is 16.5. The summed E-state index contributed by atoms with van der Waals surface area (Å²) in [6, 6.07) is 0. The van der Waals surface area contributed by atoms with Gasteiger partial charge in [0.25, 0.3) is 0 Å². The molecule has 0 spiro atoms. The lowest BCUT2D eigenvalue weighted by atomic mass is 10.2. The van der Waals surface area contributed by atoms with Crippen molar-refractivity contribution in [2.24, 2.45) is 0 Å². The van der Waals surface area contributed by atoms with Crippen molar-refractivity contribution in [3.05, 3.63) is 11.7 Å². The first-order valence-corrected chi connectivity index (χ1v) is 5.83. The van der Waals surface area contributed by atoms with Gasteiger partial charge in [-0.3, -0.25) is 4.90 Å². The van der Waals surface area contributed by atoms with Crippen molar-refractivity contribution in [3.63, 3.8) is 0 Å². The van der Waals surface area contributed by atoms with E-state index in [0.29, 0.717) is 25.6 Å². The molecule has 0 unspecified atom stereocenters. The van der Waals surface area contributed by atoms with Gasteiger partial charge in [-0.15, -0.1) is 0 Å². The van der Waals surface area contributed by atoms with Crippen LogP contribution in [0.2, 0.25) is 0 Å². The smallest absolute Gasteiger partial charge is 0.240 e. The first kappa shape index (κ1) is 14.1. The molecule has 0 aliphatic heterocycles. The van der Waals surface area contributed by atoms with Crippen molar-refractivity contribution in [2.45, 2.75) is 26.3 Å². The van der Waals surface area contributed by atoms with Crippen LogP contribution in [0, 0.1) is 0 Å². The summed E-state index contributed by atoms with van der Waals surface area (Å²) in [4.78, 5) is 6.33. The van der Waals surface area contributed by atoms with E-state index < -0.39 is 0 Å². The van der Waals surface area contributed by atoms with Crippen LogP contribution in [-0.4, -0.2) is 53.6 Å². The van der Waals surface area contributed by atoms with Gasteiger partial charge in [0.1, 0.15) is 0 Å². The van der Waals surface area contributed by atoms with E-state index in [9.17, 15) is 0 Å². The van der Waals surface area contributed by atoms with E-state index in [1.807, 2.05) is 25.8 Å². The summed E-state index contributed by atoms with van der Waals surface area (Å²) >= 11 is 0. The molecule has 1 N–H and O–H groups in total. The molecule has 0 aliphatic rings. The molecule has 0 atom stereocenters. The van der Waals surface area contributed by atoms with Gasteiger partial charge in [0.2, 0.25) is 5.89 Å². The van der Waals surface area contributed by atoms with E-state index in [4.69, 9.17) is 14.4 Å². The molecule has 6 nitrogen and oxygen atoms in total. The summed E-state index contributed by atoms with van der Waals surface area (Å²) in [5, 5.41) is 12.5. The minimum atomic E-state index is 0.0606. The van der Waals surface area contributed by atoms with Gasteiger partial charge >= 0.3 is 0 Å². The Bertz CT molecular complexity index is 315. The second kappa shape index (κ2) is 7.37. The van der Waals surface area contributed by atoms with Crippen LogP contribution in [0.5, 0.6) is 0 Å². The molecular formula is C11H21N3O3. The summed E-state index contributed by atoms with van der Waals surface area (Å²) in [5.41, 5.74) is 0. The highest BCUT2D eigenvalue weighted by molar-refractivity contribution is 4.91. The summed E-state index contributed by atoms with van der Waals surface area (Å²) < 4.78 is 10.3. The monoisotopic (exact) mass is 243 g/mol. The molecule has 0 aromatic carbocycles. The maximum Gasteiger partial charge on any atom is 0.240 e. The van der Waals surface area contributed by atoms with Gasteiger partial charge in [0, 0.05) is 12.5 Å². The van der Waals surface area contributed by atoms with Gasteiger partial charge in [0.05, 0.1) is 26.4 Å². The molecule has 98 valence electrons. The fourth-order valence-electron chi connectivity index (χ4n) is 1.26. The van der Waals surface area contributed by atoms with Gasteiger partial charge < -0.3 is 14.4 Å². The Morgan fingerprint density at radius 3 is 2.76 bits per heavy atom. The predicted molar refractivity (Wildman–Crippen MR) is 62.6 cm³/mol. The van der Waals surface area contributed by atoms with Crippen molar-refractivity contribution in [3.8, 4) is 0 Å². The van der Waals surface area contributed by atoms with E-state index in [2.05, 4.69) is 10.1 Å². The normalized spacial score (nSPS) is 11.6. The van der Waals surface area contributed by atoms with Gasteiger partial charge in [-0.1, -0.05) is 19.0 Å². The molecule has 1 aromatic rings. The van der Waals surface area contributed by atoms with E-state index in [1.54, 1.807) is 0 Å². The topological polar surface area (TPSA) is 71.6 Å². The Kier molecular flexibility index (Phi) is 6.10. The molecule has 1 heterocycles. The number of likely N-dealkylation sites (N-methyl/N-ethyl adjacent to an activating group) is 1. The number of hydrogen-bond acceptors (Lipinski definition) is 6. The maximum atomic E-state index is 8.55. The summed E-state index contributed by atoms with van der Waals surface area (Å²) in [6.07, 6.45) is 0.